The van der Waals surface area contributed by atoms with Gasteiger partial charge in [-0.1, -0.05) is 18.2 Å². The van der Waals surface area contributed by atoms with Gasteiger partial charge in [0.15, 0.2) is 6.23 Å². The Morgan fingerprint density at radius 2 is 2.06 bits per heavy atom. The highest BCUT2D eigenvalue weighted by Gasteiger charge is 2.31. The van der Waals surface area contributed by atoms with Gasteiger partial charge < -0.3 is 14.4 Å². The molecular weight excluding hydrogens is 234 g/mol. The second kappa shape index (κ2) is 5.18. The number of ether oxygens (including phenoxy) is 2. The highest BCUT2D eigenvalue weighted by molar-refractivity contribution is 5.74. The topological polar surface area (TPSA) is 55.8 Å². The lowest BCUT2D eigenvalue weighted by Gasteiger charge is -2.23. The number of hydrogen-bond donors (Lipinski definition) is 0. The summed E-state index contributed by atoms with van der Waals surface area (Å²) in [6.45, 7) is 3.87. The Morgan fingerprint density at radius 1 is 1.33 bits per heavy atom. The van der Waals surface area contributed by atoms with Crippen LogP contribution in [0.3, 0.4) is 0 Å². The molecule has 5 nitrogen and oxygen atoms in total. The van der Waals surface area contributed by atoms with E-state index in [1.165, 1.54) is 13.8 Å². The molecule has 0 saturated carbocycles. The molecule has 1 aromatic rings. The summed E-state index contributed by atoms with van der Waals surface area (Å²) in [5.41, 5.74) is 0.695. The molecule has 1 aromatic carbocycles. The van der Waals surface area contributed by atoms with Crippen LogP contribution in [0.4, 0.5) is 0 Å². The molecule has 2 rings (SSSR count). The minimum Gasteiger partial charge on any atom is -0.426 e. The summed E-state index contributed by atoms with van der Waals surface area (Å²) < 4.78 is 10.7. The van der Waals surface area contributed by atoms with Gasteiger partial charge >= 0.3 is 5.97 Å². The van der Waals surface area contributed by atoms with Crippen LogP contribution in [-0.2, 0) is 14.3 Å². The van der Waals surface area contributed by atoms with Crippen molar-refractivity contribution in [2.24, 2.45) is 0 Å². The van der Waals surface area contributed by atoms with E-state index >= 15 is 0 Å². The number of esters is 1. The van der Waals surface area contributed by atoms with Gasteiger partial charge in [0.25, 0.3) is 0 Å². The summed E-state index contributed by atoms with van der Waals surface area (Å²) in [7, 11) is 0. The number of para-hydroxylation sites is 1. The van der Waals surface area contributed by atoms with E-state index in [0.717, 1.165) is 0 Å². The van der Waals surface area contributed by atoms with Gasteiger partial charge in [-0.15, -0.1) is 0 Å². The molecule has 5 heteroatoms. The second-order valence-corrected chi connectivity index (χ2v) is 4.07. The van der Waals surface area contributed by atoms with E-state index in [-0.39, 0.29) is 5.91 Å². The maximum Gasteiger partial charge on any atom is 0.308 e. The fraction of sp³-hybridized carbons (Fsp3) is 0.385. The normalized spacial score (nSPS) is 18.8. The maximum absolute atomic E-state index is 11.5. The highest BCUT2D eigenvalue weighted by Crippen LogP contribution is 2.33. The van der Waals surface area contributed by atoms with Crippen LogP contribution in [-0.4, -0.2) is 29.9 Å². The first kappa shape index (κ1) is 12.6. The maximum atomic E-state index is 11.5. The molecule has 0 aromatic heterocycles. The lowest BCUT2D eigenvalue weighted by molar-refractivity contribution is -0.134. The molecule has 0 unspecified atom stereocenters. The van der Waals surface area contributed by atoms with Crippen molar-refractivity contribution < 1.29 is 19.1 Å². The van der Waals surface area contributed by atoms with Gasteiger partial charge in [0.2, 0.25) is 5.91 Å². The standard InChI is InChI=1S/C13H15NO4/c1-9(15)14-7-8-17-13(14)11-5-3-4-6-12(11)18-10(2)16/h3-6,13H,7-8H2,1-2H3/t13-/m0/s1. The third kappa shape index (κ3) is 2.51. The van der Waals surface area contributed by atoms with Crippen molar-refractivity contribution >= 4 is 11.9 Å². The van der Waals surface area contributed by atoms with Gasteiger partial charge in [-0.2, -0.15) is 0 Å². The van der Waals surface area contributed by atoms with Crippen LogP contribution in [0.5, 0.6) is 5.75 Å². The summed E-state index contributed by atoms with van der Waals surface area (Å²) in [6.07, 6.45) is -0.474. The number of hydrogen-bond acceptors (Lipinski definition) is 4. The number of benzene rings is 1. The minimum absolute atomic E-state index is 0.0601. The molecule has 1 aliphatic heterocycles. The molecule has 1 aliphatic rings. The summed E-state index contributed by atoms with van der Waals surface area (Å²) in [5, 5.41) is 0. The van der Waals surface area contributed by atoms with Gasteiger partial charge in [-0.3, -0.25) is 9.59 Å². The lowest BCUT2D eigenvalue weighted by atomic mass is 10.1. The van der Waals surface area contributed by atoms with E-state index in [4.69, 9.17) is 9.47 Å². The van der Waals surface area contributed by atoms with Crippen molar-refractivity contribution in [3.8, 4) is 5.75 Å². The molecule has 0 N–H and O–H groups in total. The quantitative estimate of drug-likeness (QED) is 0.588. The minimum atomic E-state index is -0.474. The van der Waals surface area contributed by atoms with Crippen molar-refractivity contribution in [1.82, 2.24) is 4.90 Å². The Kier molecular flexibility index (Phi) is 3.62. The molecule has 0 aliphatic carbocycles. The van der Waals surface area contributed by atoms with Crippen molar-refractivity contribution in [2.75, 3.05) is 13.2 Å². The van der Waals surface area contributed by atoms with E-state index in [0.29, 0.717) is 24.5 Å². The first-order valence-corrected chi connectivity index (χ1v) is 5.75. The fourth-order valence-corrected chi connectivity index (χ4v) is 1.98. The first-order chi connectivity index (χ1) is 8.59. The van der Waals surface area contributed by atoms with E-state index in [2.05, 4.69) is 0 Å². The SMILES string of the molecule is CC(=O)Oc1ccccc1[C@@H]1OCCN1C(C)=O. The fourth-order valence-electron chi connectivity index (χ4n) is 1.98. The monoisotopic (exact) mass is 249 g/mol. The van der Waals surface area contributed by atoms with Crippen LogP contribution in [0, 0.1) is 0 Å². The van der Waals surface area contributed by atoms with Crippen LogP contribution in [0.25, 0.3) is 0 Å². The van der Waals surface area contributed by atoms with Gasteiger partial charge in [-0.25, -0.2) is 0 Å². The van der Waals surface area contributed by atoms with Gasteiger partial charge in [-0.05, 0) is 6.07 Å². The van der Waals surface area contributed by atoms with Crippen molar-refractivity contribution in [3.63, 3.8) is 0 Å². The van der Waals surface area contributed by atoms with Gasteiger partial charge in [0.05, 0.1) is 6.61 Å². The zero-order valence-corrected chi connectivity index (χ0v) is 10.4. The number of rotatable bonds is 2. The Balaban J connectivity index is 2.32. The Bertz CT molecular complexity index is 472. The van der Waals surface area contributed by atoms with Gasteiger partial charge in [0.1, 0.15) is 5.75 Å². The number of nitrogens with zero attached hydrogens (tertiary/aromatic N) is 1. The average molecular weight is 249 g/mol. The molecule has 96 valence electrons. The summed E-state index contributed by atoms with van der Waals surface area (Å²) in [5.74, 6) is -0.0203. The molecule has 18 heavy (non-hydrogen) atoms. The zero-order chi connectivity index (χ0) is 13.1. The lowest BCUT2D eigenvalue weighted by Crippen LogP contribution is -2.29. The highest BCUT2D eigenvalue weighted by atomic mass is 16.5. The number of carbonyl (C=O) groups excluding carboxylic acids is 2. The Labute approximate surface area is 105 Å². The molecule has 1 saturated heterocycles. The number of amides is 1. The first-order valence-electron chi connectivity index (χ1n) is 5.75. The molecule has 1 atom stereocenters. The number of carbonyl (C=O) groups is 2. The largest absolute Gasteiger partial charge is 0.426 e. The average Bonchev–Trinajstić information content (AvgIpc) is 2.77. The molecule has 1 fully saturated rings. The van der Waals surface area contributed by atoms with E-state index in [1.54, 1.807) is 23.1 Å². The van der Waals surface area contributed by atoms with E-state index in [1.807, 2.05) is 6.07 Å². The molecular formula is C13H15NO4. The summed E-state index contributed by atoms with van der Waals surface area (Å²) in [6, 6.07) is 7.08. The summed E-state index contributed by atoms with van der Waals surface area (Å²) >= 11 is 0. The Hall–Kier alpha value is -1.88. The Morgan fingerprint density at radius 3 is 2.72 bits per heavy atom. The van der Waals surface area contributed by atoms with Crippen molar-refractivity contribution in [1.29, 1.82) is 0 Å². The molecule has 1 amide bonds. The predicted octanol–water partition coefficient (Wildman–Crippen LogP) is 1.49. The van der Waals surface area contributed by atoms with E-state index in [9.17, 15) is 9.59 Å². The third-order valence-corrected chi connectivity index (χ3v) is 2.73. The molecule has 0 spiro atoms. The van der Waals surface area contributed by atoms with Crippen LogP contribution < -0.4 is 4.74 Å². The summed E-state index contributed by atoms with van der Waals surface area (Å²) in [4.78, 5) is 24.2. The smallest absolute Gasteiger partial charge is 0.308 e. The van der Waals surface area contributed by atoms with E-state index < -0.39 is 12.2 Å². The van der Waals surface area contributed by atoms with Crippen LogP contribution in [0.15, 0.2) is 24.3 Å². The third-order valence-electron chi connectivity index (χ3n) is 2.73. The van der Waals surface area contributed by atoms with Crippen LogP contribution in [0.1, 0.15) is 25.6 Å². The van der Waals surface area contributed by atoms with Gasteiger partial charge in [0, 0.05) is 26.0 Å². The van der Waals surface area contributed by atoms with Crippen LogP contribution in [0.2, 0.25) is 0 Å². The zero-order valence-electron chi connectivity index (χ0n) is 10.4. The molecule has 0 bridgehead atoms. The second-order valence-electron chi connectivity index (χ2n) is 4.07. The van der Waals surface area contributed by atoms with Crippen LogP contribution >= 0.6 is 0 Å². The van der Waals surface area contributed by atoms with Crippen molar-refractivity contribution in [3.05, 3.63) is 29.8 Å². The molecule has 1 heterocycles. The molecule has 0 radical (unpaired) electrons. The van der Waals surface area contributed by atoms with Crippen molar-refractivity contribution in [2.45, 2.75) is 20.1 Å². The predicted molar refractivity (Wildman–Crippen MR) is 63.8 cm³/mol.